The highest BCUT2D eigenvalue weighted by atomic mass is 16.4. The summed E-state index contributed by atoms with van der Waals surface area (Å²) in [7, 11) is 0. The number of rotatable bonds is 3. The van der Waals surface area contributed by atoms with Gasteiger partial charge in [-0.25, -0.2) is 0 Å². The highest BCUT2D eigenvalue weighted by Gasteiger charge is 2.07. The van der Waals surface area contributed by atoms with Crippen molar-refractivity contribution in [2.24, 2.45) is 0 Å². The number of carbonyl (C=O) groups excluding carboxylic acids is 1. The second-order valence-electron chi connectivity index (χ2n) is 2.84. The zero-order valence-electron chi connectivity index (χ0n) is 7.28. The SMILES string of the molecule is Cc1cccc(CC(=O)O)c1C=O. The number of hydrogen-bond donors (Lipinski definition) is 1. The first-order chi connectivity index (χ1) is 6.15. The summed E-state index contributed by atoms with van der Waals surface area (Å²) in [5.41, 5.74) is 1.88. The summed E-state index contributed by atoms with van der Waals surface area (Å²) in [6.07, 6.45) is 0.601. The lowest BCUT2D eigenvalue weighted by atomic mass is 10.0. The number of aryl methyl sites for hydroxylation is 1. The Bertz CT molecular complexity index is 342. The van der Waals surface area contributed by atoms with Gasteiger partial charge in [-0.1, -0.05) is 18.2 Å². The lowest BCUT2D eigenvalue weighted by Crippen LogP contribution is -2.04. The van der Waals surface area contributed by atoms with E-state index in [0.717, 1.165) is 5.56 Å². The molecule has 0 bridgehead atoms. The fraction of sp³-hybridized carbons (Fsp3) is 0.200. The van der Waals surface area contributed by atoms with Crippen LogP contribution in [0.15, 0.2) is 18.2 Å². The molecular weight excluding hydrogens is 168 g/mol. The van der Waals surface area contributed by atoms with Crippen LogP contribution in [0.3, 0.4) is 0 Å². The molecule has 13 heavy (non-hydrogen) atoms. The second kappa shape index (κ2) is 3.85. The van der Waals surface area contributed by atoms with E-state index in [1.165, 1.54) is 0 Å². The van der Waals surface area contributed by atoms with Gasteiger partial charge < -0.3 is 5.11 Å². The van der Waals surface area contributed by atoms with E-state index in [0.29, 0.717) is 17.4 Å². The normalized spacial score (nSPS) is 9.62. The Kier molecular flexibility index (Phi) is 2.80. The van der Waals surface area contributed by atoms with Gasteiger partial charge in [-0.3, -0.25) is 9.59 Å². The summed E-state index contributed by atoms with van der Waals surface area (Å²) in [6.45, 7) is 1.79. The first kappa shape index (κ1) is 9.45. The van der Waals surface area contributed by atoms with Crippen molar-refractivity contribution in [3.05, 3.63) is 34.9 Å². The number of aldehydes is 1. The minimum atomic E-state index is -0.922. The summed E-state index contributed by atoms with van der Waals surface area (Å²) < 4.78 is 0. The molecule has 0 heterocycles. The van der Waals surface area contributed by atoms with Crippen LogP contribution in [0.1, 0.15) is 21.5 Å². The van der Waals surface area contributed by atoms with Crippen LogP contribution in [0, 0.1) is 6.92 Å². The monoisotopic (exact) mass is 178 g/mol. The number of carboxylic acids is 1. The van der Waals surface area contributed by atoms with Gasteiger partial charge in [0.2, 0.25) is 0 Å². The third kappa shape index (κ3) is 2.15. The maximum atomic E-state index is 10.6. The number of carboxylic acid groups (broad SMARTS) is 1. The van der Waals surface area contributed by atoms with E-state index >= 15 is 0 Å². The van der Waals surface area contributed by atoms with Crippen molar-refractivity contribution in [3.63, 3.8) is 0 Å². The van der Waals surface area contributed by atoms with Crippen molar-refractivity contribution < 1.29 is 14.7 Å². The predicted molar refractivity (Wildman–Crippen MR) is 47.9 cm³/mol. The Hall–Kier alpha value is -1.64. The van der Waals surface area contributed by atoms with E-state index in [1.54, 1.807) is 25.1 Å². The van der Waals surface area contributed by atoms with Gasteiger partial charge >= 0.3 is 5.97 Å². The predicted octanol–water partition coefficient (Wildman–Crippen LogP) is 1.43. The minimum absolute atomic E-state index is 0.101. The summed E-state index contributed by atoms with van der Waals surface area (Å²) in [4.78, 5) is 21.1. The molecule has 0 atom stereocenters. The van der Waals surface area contributed by atoms with Gasteiger partial charge in [-0.15, -0.1) is 0 Å². The van der Waals surface area contributed by atoms with Gasteiger partial charge in [0.25, 0.3) is 0 Å². The molecule has 0 aliphatic heterocycles. The lowest BCUT2D eigenvalue weighted by Gasteiger charge is -2.03. The molecule has 0 fully saturated rings. The Morgan fingerprint density at radius 1 is 1.54 bits per heavy atom. The van der Waals surface area contributed by atoms with Crippen LogP contribution in [-0.4, -0.2) is 17.4 Å². The van der Waals surface area contributed by atoms with Gasteiger partial charge in [-0.05, 0) is 18.1 Å². The summed E-state index contributed by atoms with van der Waals surface area (Å²) in [6, 6.07) is 5.19. The van der Waals surface area contributed by atoms with Crippen molar-refractivity contribution in [1.82, 2.24) is 0 Å². The highest BCUT2D eigenvalue weighted by Crippen LogP contribution is 2.12. The van der Waals surface area contributed by atoms with Crippen LogP contribution in [0.25, 0.3) is 0 Å². The smallest absolute Gasteiger partial charge is 0.307 e. The van der Waals surface area contributed by atoms with Crippen LogP contribution in [0.5, 0.6) is 0 Å². The zero-order valence-corrected chi connectivity index (χ0v) is 7.28. The van der Waals surface area contributed by atoms with E-state index in [9.17, 15) is 9.59 Å². The fourth-order valence-corrected chi connectivity index (χ4v) is 1.23. The summed E-state index contributed by atoms with van der Waals surface area (Å²) >= 11 is 0. The molecule has 3 heteroatoms. The molecule has 0 aromatic heterocycles. The maximum Gasteiger partial charge on any atom is 0.307 e. The third-order valence-electron chi connectivity index (χ3n) is 1.87. The van der Waals surface area contributed by atoms with Crippen molar-refractivity contribution in [2.75, 3.05) is 0 Å². The number of hydrogen-bond acceptors (Lipinski definition) is 2. The van der Waals surface area contributed by atoms with E-state index in [4.69, 9.17) is 5.11 Å². The van der Waals surface area contributed by atoms with Crippen LogP contribution in [-0.2, 0) is 11.2 Å². The highest BCUT2D eigenvalue weighted by molar-refractivity contribution is 5.82. The van der Waals surface area contributed by atoms with Crippen LogP contribution in [0.2, 0.25) is 0 Å². The minimum Gasteiger partial charge on any atom is -0.481 e. The Morgan fingerprint density at radius 2 is 2.23 bits per heavy atom. The van der Waals surface area contributed by atoms with Gasteiger partial charge in [-0.2, -0.15) is 0 Å². The standard InChI is InChI=1S/C10H10O3/c1-7-3-2-4-8(5-10(12)13)9(7)6-11/h2-4,6H,5H2,1H3,(H,12,13). The Labute approximate surface area is 76.0 Å². The molecular formula is C10H10O3. The van der Waals surface area contributed by atoms with Crippen LogP contribution in [0.4, 0.5) is 0 Å². The fourth-order valence-electron chi connectivity index (χ4n) is 1.23. The third-order valence-corrected chi connectivity index (χ3v) is 1.87. The molecule has 0 radical (unpaired) electrons. The topological polar surface area (TPSA) is 54.4 Å². The molecule has 1 aromatic carbocycles. The molecule has 0 aliphatic carbocycles. The zero-order chi connectivity index (χ0) is 9.84. The average Bonchev–Trinajstić information content (AvgIpc) is 2.03. The molecule has 0 amide bonds. The molecule has 1 N–H and O–H groups in total. The van der Waals surface area contributed by atoms with Gasteiger partial charge in [0.05, 0.1) is 6.42 Å². The first-order valence-electron chi connectivity index (χ1n) is 3.90. The molecule has 68 valence electrons. The van der Waals surface area contributed by atoms with Crippen molar-refractivity contribution in [1.29, 1.82) is 0 Å². The van der Waals surface area contributed by atoms with E-state index in [2.05, 4.69) is 0 Å². The first-order valence-corrected chi connectivity index (χ1v) is 3.90. The second-order valence-corrected chi connectivity index (χ2v) is 2.84. The largest absolute Gasteiger partial charge is 0.481 e. The summed E-state index contributed by atoms with van der Waals surface area (Å²) in [5.74, 6) is -0.922. The molecule has 3 nitrogen and oxygen atoms in total. The van der Waals surface area contributed by atoms with Crippen LogP contribution >= 0.6 is 0 Å². The Morgan fingerprint density at radius 3 is 2.77 bits per heavy atom. The number of carbonyl (C=O) groups is 2. The van der Waals surface area contributed by atoms with Crippen molar-refractivity contribution >= 4 is 12.3 Å². The number of benzene rings is 1. The van der Waals surface area contributed by atoms with Gasteiger partial charge in [0.1, 0.15) is 0 Å². The molecule has 0 aliphatic rings. The molecule has 0 saturated carbocycles. The van der Waals surface area contributed by atoms with E-state index in [1.807, 2.05) is 0 Å². The molecule has 1 aromatic rings. The van der Waals surface area contributed by atoms with E-state index < -0.39 is 5.97 Å². The van der Waals surface area contributed by atoms with E-state index in [-0.39, 0.29) is 6.42 Å². The quantitative estimate of drug-likeness (QED) is 0.712. The van der Waals surface area contributed by atoms with Gasteiger partial charge in [0.15, 0.2) is 6.29 Å². The number of aliphatic carboxylic acids is 1. The van der Waals surface area contributed by atoms with Crippen molar-refractivity contribution in [2.45, 2.75) is 13.3 Å². The Balaban J connectivity index is 3.12. The molecule has 0 unspecified atom stereocenters. The molecule has 0 saturated heterocycles. The van der Waals surface area contributed by atoms with Gasteiger partial charge in [0, 0.05) is 5.56 Å². The lowest BCUT2D eigenvalue weighted by molar-refractivity contribution is -0.136. The summed E-state index contributed by atoms with van der Waals surface area (Å²) in [5, 5.41) is 8.56. The average molecular weight is 178 g/mol. The molecule has 1 rings (SSSR count). The van der Waals surface area contributed by atoms with Crippen molar-refractivity contribution in [3.8, 4) is 0 Å². The maximum absolute atomic E-state index is 10.6. The molecule has 0 spiro atoms. The van der Waals surface area contributed by atoms with Crippen LogP contribution < -0.4 is 0 Å².